The van der Waals surface area contributed by atoms with E-state index < -0.39 is 0 Å². The zero-order chi connectivity index (χ0) is 10.7. The highest BCUT2D eigenvalue weighted by atomic mass is 32.1. The molecule has 4 heteroatoms. The highest BCUT2D eigenvalue weighted by Crippen LogP contribution is 2.15. The summed E-state index contributed by atoms with van der Waals surface area (Å²) in [6, 6.07) is 6.10. The predicted octanol–water partition coefficient (Wildman–Crippen LogP) is 3.17. The maximum absolute atomic E-state index is 12.8. The molecule has 15 heavy (non-hydrogen) atoms. The summed E-state index contributed by atoms with van der Waals surface area (Å²) in [4.78, 5) is 4.25. The van der Waals surface area contributed by atoms with Gasteiger partial charge in [0, 0.05) is 11.4 Å². The molecule has 0 atom stereocenters. The SMILES string of the molecule is Cc1nc(COc2cccc(F)c2)cs1. The van der Waals surface area contributed by atoms with Gasteiger partial charge >= 0.3 is 0 Å². The second-order valence-corrected chi connectivity index (χ2v) is 4.17. The molecule has 0 saturated carbocycles. The van der Waals surface area contributed by atoms with Crippen LogP contribution in [0, 0.1) is 12.7 Å². The van der Waals surface area contributed by atoms with Crippen LogP contribution in [0.4, 0.5) is 4.39 Å². The Morgan fingerprint density at radius 2 is 2.33 bits per heavy atom. The van der Waals surface area contributed by atoms with Crippen molar-refractivity contribution in [2.75, 3.05) is 0 Å². The van der Waals surface area contributed by atoms with E-state index in [-0.39, 0.29) is 5.82 Å². The number of thiazole rings is 1. The minimum absolute atomic E-state index is 0.290. The number of benzene rings is 1. The van der Waals surface area contributed by atoms with E-state index in [2.05, 4.69) is 4.98 Å². The average Bonchev–Trinajstić information content (AvgIpc) is 2.62. The number of nitrogens with zero attached hydrogens (tertiary/aromatic N) is 1. The van der Waals surface area contributed by atoms with Crippen molar-refractivity contribution in [3.05, 3.63) is 46.2 Å². The molecule has 1 heterocycles. The summed E-state index contributed by atoms with van der Waals surface area (Å²) in [6.45, 7) is 2.32. The first-order valence-electron chi connectivity index (χ1n) is 4.53. The Bertz CT molecular complexity index is 455. The highest BCUT2D eigenvalue weighted by molar-refractivity contribution is 7.09. The predicted molar refractivity (Wildman–Crippen MR) is 57.6 cm³/mol. The van der Waals surface area contributed by atoms with Crippen molar-refractivity contribution in [3.8, 4) is 5.75 Å². The molecule has 0 amide bonds. The second-order valence-electron chi connectivity index (χ2n) is 3.10. The van der Waals surface area contributed by atoms with Gasteiger partial charge in [0.15, 0.2) is 0 Å². The molecule has 0 aliphatic carbocycles. The summed E-state index contributed by atoms with van der Waals surface area (Å²) in [5.41, 5.74) is 0.877. The lowest BCUT2D eigenvalue weighted by molar-refractivity contribution is 0.300. The number of hydrogen-bond donors (Lipinski definition) is 0. The third kappa shape index (κ3) is 2.76. The molecular formula is C11H10FNOS. The second kappa shape index (κ2) is 4.40. The van der Waals surface area contributed by atoms with E-state index in [1.165, 1.54) is 12.1 Å². The molecule has 0 aliphatic heterocycles. The Morgan fingerprint density at radius 1 is 1.47 bits per heavy atom. The zero-order valence-electron chi connectivity index (χ0n) is 8.24. The molecule has 78 valence electrons. The summed E-state index contributed by atoms with van der Waals surface area (Å²) in [7, 11) is 0. The van der Waals surface area contributed by atoms with E-state index >= 15 is 0 Å². The smallest absolute Gasteiger partial charge is 0.131 e. The number of ether oxygens (including phenoxy) is 1. The van der Waals surface area contributed by atoms with Crippen LogP contribution in [-0.4, -0.2) is 4.98 Å². The van der Waals surface area contributed by atoms with Gasteiger partial charge in [0.2, 0.25) is 0 Å². The molecule has 0 spiro atoms. The molecule has 1 aromatic heterocycles. The quantitative estimate of drug-likeness (QED) is 0.797. The van der Waals surface area contributed by atoms with Crippen LogP contribution in [0.5, 0.6) is 5.75 Å². The van der Waals surface area contributed by atoms with E-state index in [0.29, 0.717) is 12.4 Å². The van der Waals surface area contributed by atoms with Gasteiger partial charge in [-0.2, -0.15) is 0 Å². The van der Waals surface area contributed by atoms with Crippen LogP contribution >= 0.6 is 11.3 Å². The van der Waals surface area contributed by atoms with Gasteiger partial charge in [-0.25, -0.2) is 9.37 Å². The average molecular weight is 223 g/mol. The maximum Gasteiger partial charge on any atom is 0.131 e. The standard InChI is InChI=1S/C11H10FNOS/c1-8-13-10(7-15-8)6-14-11-4-2-3-9(12)5-11/h2-5,7H,6H2,1H3. The zero-order valence-corrected chi connectivity index (χ0v) is 9.05. The van der Waals surface area contributed by atoms with Gasteiger partial charge in [0.1, 0.15) is 18.2 Å². The van der Waals surface area contributed by atoms with Gasteiger partial charge in [-0.05, 0) is 19.1 Å². The van der Waals surface area contributed by atoms with Crippen molar-refractivity contribution in [1.82, 2.24) is 4.98 Å². The fraction of sp³-hybridized carbons (Fsp3) is 0.182. The summed E-state index contributed by atoms with van der Waals surface area (Å²) in [5, 5.41) is 2.95. The fourth-order valence-corrected chi connectivity index (χ4v) is 1.79. The van der Waals surface area contributed by atoms with E-state index in [0.717, 1.165) is 10.7 Å². The molecular weight excluding hydrogens is 213 g/mol. The van der Waals surface area contributed by atoms with Crippen molar-refractivity contribution < 1.29 is 9.13 Å². The molecule has 0 unspecified atom stereocenters. The Balaban J connectivity index is 1.99. The van der Waals surface area contributed by atoms with Crippen molar-refractivity contribution in [1.29, 1.82) is 0 Å². The van der Waals surface area contributed by atoms with Gasteiger partial charge in [-0.3, -0.25) is 0 Å². The largest absolute Gasteiger partial charge is 0.487 e. The third-order valence-electron chi connectivity index (χ3n) is 1.85. The van der Waals surface area contributed by atoms with Crippen LogP contribution in [-0.2, 0) is 6.61 Å². The van der Waals surface area contributed by atoms with Gasteiger partial charge < -0.3 is 4.74 Å². The molecule has 0 radical (unpaired) electrons. The van der Waals surface area contributed by atoms with E-state index in [1.807, 2.05) is 12.3 Å². The molecule has 2 aromatic rings. The fourth-order valence-electron chi connectivity index (χ4n) is 1.19. The van der Waals surface area contributed by atoms with E-state index in [9.17, 15) is 4.39 Å². The maximum atomic E-state index is 12.8. The van der Waals surface area contributed by atoms with Crippen LogP contribution in [0.15, 0.2) is 29.6 Å². The number of halogens is 1. The minimum Gasteiger partial charge on any atom is -0.487 e. The van der Waals surface area contributed by atoms with Crippen LogP contribution < -0.4 is 4.74 Å². The molecule has 1 aromatic carbocycles. The Kier molecular flexibility index (Phi) is 2.97. The van der Waals surface area contributed by atoms with Gasteiger partial charge in [-0.1, -0.05) is 6.07 Å². The number of aromatic nitrogens is 1. The molecule has 0 saturated heterocycles. The van der Waals surface area contributed by atoms with E-state index in [4.69, 9.17) is 4.74 Å². The number of aryl methyl sites for hydroxylation is 1. The molecule has 0 bridgehead atoms. The van der Waals surface area contributed by atoms with Crippen LogP contribution in [0.3, 0.4) is 0 Å². The lowest BCUT2D eigenvalue weighted by atomic mass is 10.3. The normalized spacial score (nSPS) is 10.3. The van der Waals surface area contributed by atoms with Crippen molar-refractivity contribution >= 4 is 11.3 Å². The Labute approximate surface area is 91.4 Å². The topological polar surface area (TPSA) is 22.1 Å². The summed E-state index contributed by atoms with van der Waals surface area (Å²) < 4.78 is 18.2. The van der Waals surface area contributed by atoms with Gasteiger partial charge in [-0.15, -0.1) is 11.3 Å². The molecule has 0 fully saturated rings. The summed E-state index contributed by atoms with van der Waals surface area (Å²) >= 11 is 1.58. The summed E-state index contributed by atoms with van der Waals surface area (Å²) in [6.07, 6.45) is 0. The molecule has 2 nitrogen and oxygen atoms in total. The summed E-state index contributed by atoms with van der Waals surface area (Å²) in [5.74, 6) is 0.239. The first-order chi connectivity index (χ1) is 7.24. The number of hydrogen-bond acceptors (Lipinski definition) is 3. The molecule has 2 rings (SSSR count). The first-order valence-corrected chi connectivity index (χ1v) is 5.41. The Hall–Kier alpha value is -1.42. The van der Waals surface area contributed by atoms with Crippen LogP contribution in [0.2, 0.25) is 0 Å². The number of rotatable bonds is 3. The van der Waals surface area contributed by atoms with E-state index in [1.54, 1.807) is 23.5 Å². The Morgan fingerprint density at radius 3 is 3.00 bits per heavy atom. The lowest BCUT2D eigenvalue weighted by Crippen LogP contribution is -1.95. The monoisotopic (exact) mass is 223 g/mol. The molecule has 0 N–H and O–H groups in total. The molecule has 0 aliphatic rings. The van der Waals surface area contributed by atoms with Crippen LogP contribution in [0.1, 0.15) is 10.7 Å². The van der Waals surface area contributed by atoms with Crippen molar-refractivity contribution in [2.45, 2.75) is 13.5 Å². The third-order valence-corrected chi connectivity index (χ3v) is 2.67. The van der Waals surface area contributed by atoms with Gasteiger partial charge in [0.25, 0.3) is 0 Å². The minimum atomic E-state index is -0.290. The first kappa shape index (κ1) is 10.1. The van der Waals surface area contributed by atoms with Crippen LogP contribution in [0.25, 0.3) is 0 Å². The van der Waals surface area contributed by atoms with Crippen molar-refractivity contribution in [3.63, 3.8) is 0 Å². The lowest BCUT2D eigenvalue weighted by Gasteiger charge is -2.03. The highest BCUT2D eigenvalue weighted by Gasteiger charge is 2.00. The van der Waals surface area contributed by atoms with Gasteiger partial charge in [0.05, 0.1) is 10.7 Å². The van der Waals surface area contributed by atoms with Crippen molar-refractivity contribution in [2.24, 2.45) is 0 Å².